The van der Waals surface area contributed by atoms with Gasteiger partial charge in [0.05, 0.1) is 7.11 Å². The van der Waals surface area contributed by atoms with Crippen molar-refractivity contribution in [3.8, 4) is 0 Å². The lowest BCUT2D eigenvalue weighted by Crippen LogP contribution is -2.13. The minimum atomic E-state index is -0.142. The Balaban J connectivity index is 1.91. The first-order valence-corrected chi connectivity index (χ1v) is 6.53. The van der Waals surface area contributed by atoms with Gasteiger partial charge in [0.15, 0.2) is 0 Å². The Hall–Kier alpha value is -1.35. The number of rotatable bonds is 4. The first-order valence-electron chi connectivity index (χ1n) is 6.53. The highest BCUT2D eigenvalue weighted by molar-refractivity contribution is 5.69. The minimum Gasteiger partial charge on any atom is -0.469 e. The smallest absolute Gasteiger partial charge is 0.305 e. The maximum atomic E-state index is 11.1. The molecule has 1 unspecified atom stereocenters. The van der Waals surface area contributed by atoms with E-state index in [0.29, 0.717) is 12.3 Å². The number of hydrogen-bond acceptors (Lipinski definition) is 3. The van der Waals surface area contributed by atoms with E-state index in [4.69, 9.17) is 0 Å². The molecule has 1 heterocycles. The van der Waals surface area contributed by atoms with Crippen LogP contribution < -0.4 is 0 Å². The molecule has 0 radical (unpaired) electrons. The molecule has 3 heteroatoms. The number of hydrogen-bond donors (Lipinski definition) is 0. The summed E-state index contributed by atoms with van der Waals surface area (Å²) in [7, 11) is 3.60. The highest BCUT2D eigenvalue weighted by Crippen LogP contribution is 2.26. The molecule has 0 bridgehead atoms. The molecule has 2 rings (SSSR count). The van der Waals surface area contributed by atoms with Crippen LogP contribution in [0.1, 0.15) is 29.9 Å². The molecule has 1 aliphatic heterocycles. The standard InChI is InChI=1S/C15H21NO2/c1-16-10-9-14(11-16)13-6-3-12(4-7-13)5-8-15(17)18-2/h3-4,6-7,14H,5,8-11H2,1-2H3. The molecular weight excluding hydrogens is 226 g/mol. The fourth-order valence-corrected chi connectivity index (χ4v) is 2.51. The zero-order chi connectivity index (χ0) is 13.0. The molecule has 0 N–H and O–H groups in total. The van der Waals surface area contributed by atoms with Gasteiger partial charge in [-0.15, -0.1) is 0 Å². The van der Waals surface area contributed by atoms with E-state index < -0.39 is 0 Å². The Kier molecular flexibility index (Phi) is 4.37. The second-order valence-electron chi connectivity index (χ2n) is 5.07. The van der Waals surface area contributed by atoms with Gasteiger partial charge in [-0.3, -0.25) is 4.79 Å². The second kappa shape index (κ2) is 6.01. The Morgan fingerprint density at radius 3 is 2.67 bits per heavy atom. The third-order valence-electron chi connectivity index (χ3n) is 3.69. The van der Waals surface area contributed by atoms with E-state index in [-0.39, 0.29) is 5.97 Å². The fourth-order valence-electron chi connectivity index (χ4n) is 2.51. The average Bonchev–Trinajstić information content (AvgIpc) is 2.83. The molecule has 0 aliphatic carbocycles. The first kappa shape index (κ1) is 13.1. The number of aryl methyl sites for hydroxylation is 1. The molecule has 0 amide bonds. The number of likely N-dealkylation sites (N-methyl/N-ethyl adjacent to an activating group) is 1. The van der Waals surface area contributed by atoms with Crippen LogP contribution in [0.15, 0.2) is 24.3 Å². The molecule has 0 saturated carbocycles. The van der Waals surface area contributed by atoms with Crippen LogP contribution in [0, 0.1) is 0 Å². The molecule has 1 atom stereocenters. The van der Waals surface area contributed by atoms with Crippen molar-refractivity contribution < 1.29 is 9.53 Å². The zero-order valence-corrected chi connectivity index (χ0v) is 11.2. The molecule has 1 aromatic rings. The van der Waals surface area contributed by atoms with E-state index in [1.807, 2.05) is 0 Å². The summed E-state index contributed by atoms with van der Waals surface area (Å²) in [6.07, 6.45) is 2.47. The minimum absolute atomic E-state index is 0.142. The van der Waals surface area contributed by atoms with Crippen molar-refractivity contribution in [3.05, 3.63) is 35.4 Å². The highest BCUT2D eigenvalue weighted by atomic mass is 16.5. The summed E-state index contributed by atoms with van der Waals surface area (Å²) in [5.74, 6) is 0.529. The maximum absolute atomic E-state index is 11.1. The van der Waals surface area contributed by atoms with E-state index in [2.05, 4.69) is 40.9 Å². The van der Waals surface area contributed by atoms with Crippen LogP contribution in [0.25, 0.3) is 0 Å². The van der Waals surface area contributed by atoms with Gasteiger partial charge in [-0.1, -0.05) is 24.3 Å². The summed E-state index contributed by atoms with van der Waals surface area (Å²) in [5, 5.41) is 0. The van der Waals surface area contributed by atoms with Crippen LogP contribution in [0.5, 0.6) is 0 Å². The molecule has 0 spiro atoms. The predicted molar refractivity (Wildman–Crippen MR) is 71.6 cm³/mol. The molecule has 1 fully saturated rings. The first-order chi connectivity index (χ1) is 8.69. The van der Waals surface area contributed by atoms with E-state index >= 15 is 0 Å². The van der Waals surface area contributed by atoms with Crippen LogP contribution >= 0.6 is 0 Å². The number of benzene rings is 1. The topological polar surface area (TPSA) is 29.5 Å². The number of carbonyl (C=O) groups is 1. The Labute approximate surface area is 109 Å². The third-order valence-corrected chi connectivity index (χ3v) is 3.69. The van der Waals surface area contributed by atoms with Crippen molar-refractivity contribution in [2.24, 2.45) is 0 Å². The van der Waals surface area contributed by atoms with Gasteiger partial charge in [0.25, 0.3) is 0 Å². The second-order valence-corrected chi connectivity index (χ2v) is 5.07. The molecule has 1 aliphatic rings. The fraction of sp³-hybridized carbons (Fsp3) is 0.533. The predicted octanol–water partition coefficient (Wildman–Crippen LogP) is 2.21. The van der Waals surface area contributed by atoms with Crippen molar-refractivity contribution in [1.82, 2.24) is 4.90 Å². The van der Waals surface area contributed by atoms with Crippen LogP contribution in [-0.4, -0.2) is 38.1 Å². The van der Waals surface area contributed by atoms with E-state index in [9.17, 15) is 4.79 Å². The van der Waals surface area contributed by atoms with Gasteiger partial charge < -0.3 is 9.64 Å². The number of esters is 1. The van der Waals surface area contributed by atoms with Crippen molar-refractivity contribution >= 4 is 5.97 Å². The van der Waals surface area contributed by atoms with Crippen LogP contribution in [0.4, 0.5) is 0 Å². The lowest BCUT2D eigenvalue weighted by atomic mass is 9.96. The zero-order valence-electron chi connectivity index (χ0n) is 11.2. The van der Waals surface area contributed by atoms with Gasteiger partial charge in [0.1, 0.15) is 0 Å². The normalized spacial score (nSPS) is 20.0. The van der Waals surface area contributed by atoms with Crippen molar-refractivity contribution in [2.45, 2.75) is 25.2 Å². The average molecular weight is 247 g/mol. The molecular formula is C15H21NO2. The summed E-state index contributed by atoms with van der Waals surface area (Å²) in [6.45, 7) is 2.34. The molecule has 18 heavy (non-hydrogen) atoms. The van der Waals surface area contributed by atoms with E-state index in [0.717, 1.165) is 13.0 Å². The molecule has 98 valence electrons. The number of likely N-dealkylation sites (tertiary alicyclic amines) is 1. The van der Waals surface area contributed by atoms with Gasteiger partial charge in [0.2, 0.25) is 0 Å². The number of nitrogens with zero attached hydrogens (tertiary/aromatic N) is 1. The van der Waals surface area contributed by atoms with Gasteiger partial charge in [-0.2, -0.15) is 0 Å². The van der Waals surface area contributed by atoms with E-state index in [1.54, 1.807) is 0 Å². The Morgan fingerprint density at radius 2 is 2.11 bits per heavy atom. The van der Waals surface area contributed by atoms with Gasteiger partial charge in [-0.25, -0.2) is 0 Å². The van der Waals surface area contributed by atoms with Crippen LogP contribution in [0.3, 0.4) is 0 Å². The van der Waals surface area contributed by atoms with Crippen molar-refractivity contribution in [2.75, 3.05) is 27.2 Å². The maximum Gasteiger partial charge on any atom is 0.305 e. The summed E-state index contributed by atoms with van der Waals surface area (Å²) in [6, 6.07) is 8.68. The Morgan fingerprint density at radius 1 is 1.39 bits per heavy atom. The molecule has 3 nitrogen and oxygen atoms in total. The highest BCUT2D eigenvalue weighted by Gasteiger charge is 2.20. The molecule has 1 saturated heterocycles. The Bertz CT molecular complexity index is 399. The number of ether oxygens (including phenoxy) is 1. The number of methoxy groups -OCH3 is 1. The summed E-state index contributed by atoms with van der Waals surface area (Å²) >= 11 is 0. The molecule has 1 aromatic carbocycles. The monoisotopic (exact) mass is 247 g/mol. The van der Waals surface area contributed by atoms with Gasteiger partial charge in [-0.05, 0) is 43.5 Å². The summed E-state index contributed by atoms with van der Waals surface area (Å²) < 4.78 is 4.64. The van der Waals surface area contributed by atoms with E-state index in [1.165, 1.54) is 31.2 Å². The quantitative estimate of drug-likeness (QED) is 0.764. The van der Waals surface area contributed by atoms with Crippen LogP contribution in [-0.2, 0) is 16.0 Å². The van der Waals surface area contributed by atoms with Crippen molar-refractivity contribution in [3.63, 3.8) is 0 Å². The third kappa shape index (κ3) is 3.33. The van der Waals surface area contributed by atoms with Gasteiger partial charge in [0, 0.05) is 13.0 Å². The van der Waals surface area contributed by atoms with Crippen LogP contribution in [0.2, 0.25) is 0 Å². The summed E-state index contributed by atoms with van der Waals surface area (Å²) in [5.41, 5.74) is 2.62. The largest absolute Gasteiger partial charge is 0.469 e. The molecule has 0 aromatic heterocycles. The van der Waals surface area contributed by atoms with Gasteiger partial charge >= 0.3 is 5.97 Å². The summed E-state index contributed by atoms with van der Waals surface area (Å²) in [4.78, 5) is 13.4. The lowest BCUT2D eigenvalue weighted by Gasteiger charge is -2.11. The van der Waals surface area contributed by atoms with Crippen molar-refractivity contribution in [1.29, 1.82) is 0 Å². The lowest BCUT2D eigenvalue weighted by molar-refractivity contribution is -0.140. The SMILES string of the molecule is COC(=O)CCc1ccc(C2CCN(C)C2)cc1. The number of carbonyl (C=O) groups excluding carboxylic acids is 1.